The van der Waals surface area contributed by atoms with Crippen molar-refractivity contribution in [1.82, 2.24) is 14.7 Å². The fourth-order valence-electron chi connectivity index (χ4n) is 2.54. The lowest BCUT2D eigenvalue weighted by atomic mass is 10.1. The van der Waals surface area contributed by atoms with E-state index in [4.69, 9.17) is 5.73 Å². The van der Waals surface area contributed by atoms with Gasteiger partial charge in [-0.1, -0.05) is 6.07 Å². The predicted octanol–water partition coefficient (Wildman–Crippen LogP) is 0.959. The van der Waals surface area contributed by atoms with Gasteiger partial charge in [0.25, 0.3) is 5.91 Å². The summed E-state index contributed by atoms with van der Waals surface area (Å²) in [5, 5.41) is 4.18. The predicted molar refractivity (Wildman–Crippen MR) is 76.7 cm³/mol. The van der Waals surface area contributed by atoms with Crippen LogP contribution in [0.15, 0.2) is 36.5 Å². The Hall–Kier alpha value is -2.70. The van der Waals surface area contributed by atoms with Crippen molar-refractivity contribution in [3.05, 3.63) is 48.0 Å². The second-order valence-electron chi connectivity index (χ2n) is 5.26. The van der Waals surface area contributed by atoms with Crippen LogP contribution in [0.1, 0.15) is 16.9 Å². The zero-order valence-electron chi connectivity index (χ0n) is 11.8. The number of nitrogens with zero attached hydrogens (tertiary/aromatic N) is 3. The van der Waals surface area contributed by atoms with Crippen molar-refractivity contribution in [2.75, 3.05) is 13.1 Å². The first kappa shape index (κ1) is 14.2. The van der Waals surface area contributed by atoms with Gasteiger partial charge < -0.3 is 10.6 Å². The quantitative estimate of drug-likeness (QED) is 0.917. The van der Waals surface area contributed by atoms with Crippen LogP contribution in [0, 0.1) is 11.7 Å². The van der Waals surface area contributed by atoms with E-state index in [1.54, 1.807) is 29.3 Å². The highest BCUT2D eigenvalue weighted by atomic mass is 19.1. The van der Waals surface area contributed by atoms with E-state index in [0.717, 1.165) is 0 Å². The molecule has 7 heteroatoms. The van der Waals surface area contributed by atoms with Crippen LogP contribution in [0.5, 0.6) is 0 Å². The maximum Gasteiger partial charge on any atom is 0.274 e. The average molecular weight is 302 g/mol. The molecule has 0 spiro atoms. The average Bonchev–Trinajstić information content (AvgIpc) is 3.16. The van der Waals surface area contributed by atoms with E-state index in [0.29, 0.717) is 25.2 Å². The van der Waals surface area contributed by atoms with E-state index < -0.39 is 0 Å². The summed E-state index contributed by atoms with van der Waals surface area (Å²) < 4.78 is 14.7. The molecule has 1 aromatic heterocycles. The second-order valence-corrected chi connectivity index (χ2v) is 5.26. The Morgan fingerprint density at radius 2 is 2.14 bits per heavy atom. The lowest BCUT2D eigenvalue weighted by Gasteiger charge is -2.14. The minimum Gasteiger partial charge on any atom is -0.369 e. The van der Waals surface area contributed by atoms with Crippen LogP contribution in [-0.2, 0) is 4.79 Å². The number of likely N-dealkylation sites (tertiary alicyclic amines) is 1. The van der Waals surface area contributed by atoms with Gasteiger partial charge in [-0.3, -0.25) is 9.59 Å². The summed E-state index contributed by atoms with van der Waals surface area (Å²) in [4.78, 5) is 25.1. The van der Waals surface area contributed by atoms with Gasteiger partial charge in [0, 0.05) is 19.3 Å². The zero-order chi connectivity index (χ0) is 15.7. The molecule has 1 aliphatic heterocycles. The Bertz CT molecular complexity index is 728. The van der Waals surface area contributed by atoms with Gasteiger partial charge in [-0.25, -0.2) is 9.07 Å². The fraction of sp³-hybridized carbons (Fsp3) is 0.267. The van der Waals surface area contributed by atoms with Gasteiger partial charge in [0.1, 0.15) is 5.82 Å². The highest BCUT2D eigenvalue weighted by Gasteiger charge is 2.31. The van der Waals surface area contributed by atoms with Gasteiger partial charge in [-0.05, 0) is 30.7 Å². The summed E-state index contributed by atoms with van der Waals surface area (Å²) in [5.74, 6) is -1.31. The smallest absolute Gasteiger partial charge is 0.274 e. The molecule has 0 saturated carbocycles. The number of hydrogen-bond donors (Lipinski definition) is 1. The van der Waals surface area contributed by atoms with Crippen LogP contribution < -0.4 is 5.73 Å². The molecule has 1 aromatic carbocycles. The van der Waals surface area contributed by atoms with Crippen molar-refractivity contribution in [3.63, 3.8) is 0 Å². The highest BCUT2D eigenvalue weighted by molar-refractivity contribution is 5.93. The van der Waals surface area contributed by atoms with Gasteiger partial charge in [-0.15, -0.1) is 0 Å². The molecule has 3 rings (SSSR count). The number of rotatable bonds is 3. The van der Waals surface area contributed by atoms with E-state index in [-0.39, 0.29) is 29.2 Å². The Morgan fingerprint density at radius 3 is 2.82 bits per heavy atom. The first-order valence-corrected chi connectivity index (χ1v) is 6.95. The number of carbonyl (C=O) groups excluding carboxylic acids is 2. The van der Waals surface area contributed by atoms with E-state index >= 15 is 0 Å². The molecule has 0 radical (unpaired) electrons. The summed E-state index contributed by atoms with van der Waals surface area (Å²) in [6.07, 6.45) is 2.18. The van der Waals surface area contributed by atoms with Crippen LogP contribution in [0.3, 0.4) is 0 Å². The van der Waals surface area contributed by atoms with Gasteiger partial charge in [0.15, 0.2) is 5.69 Å². The summed E-state index contributed by atoms with van der Waals surface area (Å²) in [6, 6.07) is 7.52. The first-order chi connectivity index (χ1) is 10.5. The number of primary amides is 1. The number of hydrogen-bond acceptors (Lipinski definition) is 3. The lowest BCUT2D eigenvalue weighted by Crippen LogP contribution is -2.32. The van der Waals surface area contributed by atoms with E-state index in [2.05, 4.69) is 5.10 Å². The molecule has 114 valence electrons. The third-order valence-corrected chi connectivity index (χ3v) is 3.76. The molecule has 2 aromatic rings. The van der Waals surface area contributed by atoms with Crippen LogP contribution in [0.4, 0.5) is 4.39 Å². The van der Waals surface area contributed by atoms with Crippen LogP contribution in [0.25, 0.3) is 5.69 Å². The summed E-state index contributed by atoms with van der Waals surface area (Å²) in [6.45, 7) is 0.806. The molecule has 0 aliphatic carbocycles. The molecule has 6 nitrogen and oxygen atoms in total. The normalized spacial score (nSPS) is 17.7. The summed E-state index contributed by atoms with van der Waals surface area (Å²) >= 11 is 0. The largest absolute Gasteiger partial charge is 0.369 e. The van der Waals surface area contributed by atoms with Gasteiger partial charge in [0.05, 0.1) is 11.6 Å². The number of aromatic nitrogens is 2. The van der Waals surface area contributed by atoms with E-state index in [9.17, 15) is 14.0 Å². The Kier molecular flexibility index (Phi) is 3.62. The number of benzene rings is 1. The molecular formula is C15H15FN4O2. The Balaban J connectivity index is 1.77. The highest BCUT2D eigenvalue weighted by Crippen LogP contribution is 2.18. The number of nitrogens with two attached hydrogens (primary N) is 1. The SMILES string of the molecule is NC(=O)[C@@H]1CCN(C(=O)c2ccn(-c3cccc(F)c3)n2)C1. The molecule has 0 bridgehead atoms. The third kappa shape index (κ3) is 2.69. The Morgan fingerprint density at radius 1 is 1.32 bits per heavy atom. The molecule has 0 unspecified atom stereocenters. The van der Waals surface area contributed by atoms with Crippen molar-refractivity contribution in [2.24, 2.45) is 11.7 Å². The molecule has 1 saturated heterocycles. The van der Waals surface area contributed by atoms with E-state index in [1.807, 2.05) is 0 Å². The van der Waals surface area contributed by atoms with Crippen molar-refractivity contribution in [1.29, 1.82) is 0 Å². The molecule has 2 heterocycles. The maximum absolute atomic E-state index is 13.2. The summed E-state index contributed by atoms with van der Waals surface area (Å²) in [7, 11) is 0. The molecule has 22 heavy (non-hydrogen) atoms. The van der Waals surface area contributed by atoms with Crippen LogP contribution in [0.2, 0.25) is 0 Å². The van der Waals surface area contributed by atoms with Gasteiger partial charge in [0.2, 0.25) is 5.91 Å². The van der Waals surface area contributed by atoms with E-state index in [1.165, 1.54) is 16.8 Å². The number of amides is 2. The van der Waals surface area contributed by atoms with Crippen LogP contribution in [-0.4, -0.2) is 39.6 Å². The fourth-order valence-corrected chi connectivity index (χ4v) is 2.54. The van der Waals surface area contributed by atoms with Crippen molar-refractivity contribution in [2.45, 2.75) is 6.42 Å². The van der Waals surface area contributed by atoms with Crippen molar-refractivity contribution in [3.8, 4) is 5.69 Å². The molecular weight excluding hydrogens is 287 g/mol. The molecule has 1 aliphatic rings. The lowest BCUT2D eigenvalue weighted by molar-refractivity contribution is -0.121. The topological polar surface area (TPSA) is 81.2 Å². The molecule has 1 fully saturated rings. The third-order valence-electron chi connectivity index (χ3n) is 3.76. The van der Waals surface area contributed by atoms with Gasteiger partial charge >= 0.3 is 0 Å². The number of carbonyl (C=O) groups is 2. The maximum atomic E-state index is 13.2. The van der Waals surface area contributed by atoms with Gasteiger partial charge in [-0.2, -0.15) is 5.10 Å². The number of halogens is 1. The first-order valence-electron chi connectivity index (χ1n) is 6.95. The molecule has 2 amide bonds. The van der Waals surface area contributed by atoms with Crippen molar-refractivity contribution < 1.29 is 14.0 Å². The van der Waals surface area contributed by atoms with Crippen molar-refractivity contribution >= 4 is 11.8 Å². The minimum absolute atomic E-state index is 0.251. The summed E-state index contributed by atoms with van der Waals surface area (Å²) in [5.41, 5.74) is 6.06. The Labute approximate surface area is 126 Å². The minimum atomic E-state index is -0.388. The monoisotopic (exact) mass is 302 g/mol. The zero-order valence-corrected chi connectivity index (χ0v) is 11.8. The standard InChI is InChI=1S/C15H15FN4O2/c16-11-2-1-3-12(8-11)20-7-5-13(18-20)15(22)19-6-4-10(9-19)14(17)21/h1-3,5,7-8,10H,4,6,9H2,(H2,17,21)/t10-/m1/s1. The second kappa shape index (κ2) is 5.59. The van der Waals surface area contributed by atoms with Crippen LogP contribution >= 0.6 is 0 Å². The molecule has 1 atom stereocenters. The molecule has 2 N–H and O–H groups in total.